The fraction of sp³-hybridized carbons (Fsp3) is 0.556. The second-order valence-electron chi connectivity index (χ2n) is 6.98. The van der Waals surface area contributed by atoms with Crippen molar-refractivity contribution in [2.75, 3.05) is 13.1 Å². The number of hydrogen-bond acceptors (Lipinski definition) is 3. The number of halogens is 5. The molecule has 1 aromatic carbocycles. The molecule has 0 saturated carbocycles. The highest BCUT2D eigenvalue weighted by atomic mass is 35.5. The molecule has 5 nitrogen and oxygen atoms in total. The number of imidazole rings is 1. The van der Waals surface area contributed by atoms with E-state index in [1.54, 1.807) is 30.9 Å². The van der Waals surface area contributed by atoms with Crippen LogP contribution in [-0.4, -0.2) is 39.5 Å². The number of aromatic nitrogens is 2. The van der Waals surface area contributed by atoms with Crippen LogP contribution in [0.25, 0.3) is 11.0 Å². The van der Waals surface area contributed by atoms with E-state index in [-0.39, 0.29) is 42.3 Å². The number of hydrogen-bond donors (Lipinski definition) is 1. The third-order valence-electron chi connectivity index (χ3n) is 4.87. The largest absolute Gasteiger partial charge is 0.449 e. The molecule has 1 aliphatic heterocycles. The standard InChI is InChI=1S/C18H23F3N4O.2ClH/c1-11(2)25-15-7-6-12(9-14(15)23-17(25)18(19,20)21)16(26)24-8-4-3-5-13(24)10-22;;/h6-7,9,11,13H,3-5,8,10,22H2,1-2H3;2*1H. The molecule has 1 fully saturated rings. The molecule has 0 spiro atoms. The SMILES string of the molecule is CC(C)n1c(C(F)(F)F)nc2cc(C(=O)N3CCCCC3CN)ccc21.Cl.Cl. The van der Waals surface area contributed by atoms with Gasteiger partial charge in [0.15, 0.2) is 0 Å². The number of piperidine rings is 1. The van der Waals surface area contributed by atoms with Crippen molar-refractivity contribution in [3.05, 3.63) is 29.6 Å². The Morgan fingerprint density at radius 2 is 1.96 bits per heavy atom. The van der Waals surface area contributed by atoms with E-state index in [0.717, 1.165) is 23.8 Å². The number of nitrogens with two attached hydrogens (primary N) is 1. The fourth-order valence-corrected chi connectivity index (χ4v) is 3.63. The minimum Gasteiger partial charge on any atom is -0.334 e. The van der Waals surface area contributed by atoms with Gasteiger partial charge in [-0.1, -0.05) is 0 Å². The molecule has 158 valence electrons. The summed E-state index contributed by atoms with van der Waals surface area (Å²) >= 11 is 0. The zero-order valence-corrected chi connectivity index (χ0v) is 17.3. The second kappa shape index (κ2) is 9.33. The van der Waals surface area contributed by atoms with Crippen LogP contribution in [0.4, 0.5) is 13.2 Å². The molecule has 1 amide bonds. The lowest BCUT2D eigenvalue weighted by Crippen LogP contribution is -2.47. The summed E-state index contributed by atoms with van der Waals surface area (Å²) in [5.41, 5.74) is 6.67. The Bertz CT molecular complexity index is 823. The van der Waals surface area contributed by atoms with Crippen LogP contribution in [0.5, 0.6) is 0 Å². The molecule has 28 heavy (non-hydrogen) atoms. The molecule has 1 aliphatic rings. The van der Waals surface area contributed by atoms with Gasteiger partial charge in [0.25, 0.3) is 5.91 Å². The lowest BCUT2D eigenvalue weighted by molar-refractivity contribution is -0.147. The molecule has 2 N–H and O–H groups in total. The summed E-state index contributed by atoms with van der Waals surface area (Å²) in [5.74, 6) is -1.14. The molecule has 0 bridgehead atoms. The van der Waals surface area contributed by atoms with Crippen LogP contribution in [-0.2, 0) is 6.18 Å². The predicted molar refractivity (Wildman–Crippen MR) is 107 cm³/mol. The lowest BCUT2D eigenvalue weighted by atomic mass is 10.0. The fourth-order valence-electron chi connectivity index (χ4n) is 3.63. The minimum atomic E-state index is -4.55. The summed E-state index contributed by atoms with van der Waals surface area (Å²) in [6.07, 6.45) is -1.77. The van der Waals surface area contributed by atoms with Crippen molar-refractivity contribution in [3.63, 3.8) is 0 Å². The molecule has 1 saturated heterocycles. The average Bonchev–Trinajstić information content (AvgIpc) is 3.00. The van der Waals surface area contributed by atoms with Crippen molar-refractivity contribution in [2.45, 2.75) is 51.4 Å². The Hall–Kier alpha value is -1.51. The van der Waals surface area contributed by atoms with Crippen LogP contribution in [0, 0.1) is 0 Å². The molecule has 2 aromatic rings. The number of rotatable bonds is 3. The smallest absolute Gasteiger partial charge is 0.334 e. The van der Waals surface area contributed by atoms with Gasteiger partial charge in [-0.15, -0.1) is 24.8 Å². The van der Waals surface area contributed by atoms with E-state index < -0.39 is 18.0 Å². The minimum absolute atomic E-state index is 0. The first-order valence-corrected chi connectivity index (χ1v) is 8.84. The highest BCUT2D eigenvalue weighted by Crippen LogP contribution is 2.34. The number of benzene rings is 1. The molecule has 3 rings (SSSR count). The lowest BCUT2D eigenvalue weighted by Gasteiger charge is -2.35. The Morgan fingerprint density at radius 3 is 2.54 bits per heavy atom. The van der Waals surface area contributed by atoms with Gasteiger partial charge in [-0.2, -0.15) is 13.2 Å². The molecule has 0 aliphatic carbocycles. The van der Waals surface area contributed by atoms with Gasteiger partial charge in [0.05, 0.1) is 11.0 Å². The van der Waals surface area contributed by atoms with Crippen LogP contribution < -0.4 is 5.73 Å². The molecule has 1 unspecified atom stereocenters. The van der Waals surface area contributed by atoms with E-state index in [1.807, 2.05) is 0 Å². The Morgan fingerprint density at radius 1 is 1.29 bits per heavy atom. The zero-order chi connectivity index (χ0) is 19.1. The zero-order valence-electron chi connectivity index (χ0n) is 15.7. The Balaban J connectivity index is 0.00000196. The van der Waals surface area contributed by atoms with Crippen LogP contribution in [0.1, 0.15) is 55.3 Å². The molecular formula is C18H25Cl2F3N4O. The number of fused-ring (bicyclic) bond motifs is 1. The number of carbonyl (C=O) groups is 1. The summed E-state index contributed by atoms with van der Waals surface area (Å²) in [6, 6.07) is 4.15. The van der Waals surface area contributed by atoms with Crippen LogP contribution in [0.15, 0.2) is 18.2 Å². The van der Waals surface area contributed by atoms with Gasteiger partial charge < -0.3 is 15.2 Å². The number of nitrogens with zero attached hydrogens (tertiary/aromatic N) is 3. The molecule has 10 heteroatoms. The summed E-state index contributed by atoms with van der Waals surface area (Å²) in [4.78, 5) is 18.4. The second-order valence-corrected chi connectivity index (χ2v) is 6.98. The van der Waals surface area contributed by atoms with Gasteiger partial charge in [-0.3, -0.25) is 4.79 Å². The Labute approximate surface area is 174 Å². The van der Waals surface area contributed by atoms with Gasteiger partial charge >= 0.3 is 6.18 Å². The monoisotopic (exact) mass is 440 g/mol. The topological polar surface area (TPSA) is 64.2 Å². The van der Waals surface area contributed by atoms with Crippen LogP contribution in [0.2, 0.25) is 0 Å². The maximum atomic E-state index is 13.3. The highest BCUT2D eigenvalue weighted by molar-refractivity contribution is 5.97. The first-order chi connectivity index (χ1) is 12.2. The van der Waals surface area contributed by atoms with E-state index in [0.29, 0.717) is 24.2 Å². The molecule has 2 heterocycles. The first kappa shape index (κ1) is 24.5. The van der Waals surface area contributed by atoms with Gasteiger partial charge in [0.1, 0.15) is 0 Å². The maximum Gasteiger partial charge on any atom is 0.449 e. The Kier molecular flexibility index (Phi) is 8.17. The van der Waals surface area contributed by atoms with Crippen molar-refractivity contribution >= 4 is 41.8 Å². The normalized spacial score (nSPS) is 17.4. The summed E-state index contributed by atoms with van der Waals surface area (Å²) in [7, 11) is 0. The van der Waals surface area contributed by atoms with Crippen molar-refractivity contribution in [1.82, 2.24) is 14.5 Å². The van der Waals surface area contributed by atoms with E-state index >= 15 is 0 Å². The van der Waals surface area contributed by atoms with Gasteiger partial charge in [-0.05, 0) is 51.3 Å². The van der Waals surface area contributed by atoms with Crippen LogP contribution in [0.3, 0.4) is 0 Å². The third-order valence-corrected chi connectivity index (χ3v) is 4.87. The van der Waals surface area contributed by atoms with Gasteiger partial charge in [-0.25, -0.2) is 4.98 Å². The quantitative estimate of drug-likeness (QED) is 0.767. The average molecular weight is 441 g/mol. The van der Waals surface area contributed by atoms with E-state index in [2.05, 4.69) is 4.98 Å². The molecule has 0 radical (unpaired) electrons. The van der Waals surface area contributed by atoms with Gasteiger partial charge in [0.2, 0.25) is 5.82 Å². The number of likely N-dealkylation sites (tertiary alicyclic amines) is 1. The third kappa shape index (κ3) is 4.55. The number of amides is 1. The molecular weight excluding hydrogens is 416 g/mol. The first-order valence-electron chi connectivity index (χ1n) is 8.84. The van der Waals surface area contributed by atoms with Crippen molar-refractivity contribution in [1.29, 1.82) is 0 Å². The van der Waals surface area contributed by atoms with E-state index in [4.69, 9.17) is 5.73 Å². The van der Waals surface area contributed by atoms with Crippen LogP contribution >= 0.6 is 24.8 Å². The summed E-state index contributed by atoms with van der Waals surface area (Å²) in [6.45, 7) is 4.35. The summed E-state index contributed by atoms with van der Waals surface area (Å²) in [5, 5.41) is 0. The molecule has 1 atom stereocenters. The van der Waals surface area contributed by atoms with Crippen molar-refractivity contribution < 1.29 is 18.0 Å². The van der Waals surface area contributed by atoms with Crippen molar-refractivity contribution in [2.24, 2.45) is 5.73 Å². The number of alkyl halides is 3. The molecule has 1 aromatic heterocycles. The highest BCUT2D eigenvalue weighted by Gasteiger charge is 2.38. The van der Waals surface area contributed by atoms with Gasteiger partial charge in [0, 0.05) is 30.7 Å². The van der Waals surface area contributed by atoms with E-state index in [9.17, 15) is 18.0 Å². The maximum absolute atomic E-state index is 13.3. The van der Waals surface area contributed by atoms with Crippen molar-refractivity contribution in [3.8, 4) is 0 Å². The summed E-state index contributed by atoms with van der Waals surface area (Å²) < 4.78 is 41.1. The van der Waals surface area contributed by atoms with E-state index in [1.165, 1.54) is 6.07 Å². The predicted octanol–water partition coefficient (Wildman–Crippen LogP) is 4.43. The number of carbonyl (C=O) groups excluding carboxylic acids is 1.